The van der Waals surface area contributed by atoms with E-state index in [2.05, 4.69) is 32.0 Å². The van der Waals surface area contributed by atoms with E-state index in [1.807, 2.05) is 72.8 Å². The van der Waals surface area contributed by atoms with Gasteiger partial charge in [0.15, 0.2) is 0 Å². The molecule has 168 valence electrons. The summed E-state index contributed by atoms with van der Waals surface area (Å²) in [5, 5.41) is 19.7. The van der Waals surface area contributed by atoms with Crippen LogP contribution in [0.15, 0.2) is 103 Å². The molecule has 7 heteroatoms. The lowest BCUT2D eigenvalue weighted by molar-refractivity contribution is 0.102. The zero-order chi connectivity index (χ0) is 24.0. The van der Waals surface area contributed by atoms with Gasteiger partial charge < -0.3 is 16.0 Å². The van der Waals surface area contributed by atoms with Crippen molar-refractivity contribution in [3.8, 4) is 6.07 Å². The van der Waals surface area contributed by atoms with E-state index in [1.165, 1.54) is 0 Å². The average molecular weight is 457 g/mol. The number of aromatic nitrogens is 2. The molecule has 0 radical (unpaired) electrons. The van der Waals surface area contributed by atoms with Crippen molar-refractivity contribution in [2.75, 3.05) is 16.0 Å². The first kappa shape index (κ1) is 21.6. The second kappa shape index (κ2) is 9.73. The number of carbonyl (C=O) groups excluding carboxylic acids is 1. The Morgan fingerprint density at radius 3 is 2.29 bits per heavy atom. The molecule has 2 heterocycles. The Kier molecular flexibility index (Phi) is 6.01. The number of benzene rings is 3. The third-order valence-corrected chi connectivity index (χ3v) is 5.35. The van der Waals surface area contributed by atoms with Gasteiger partial charge >= 0.3 is 0 Å². The highest BCUT2D eigenvalue weighted by Crippen LogP contribution is 2.26. The Labute approximate surface area is 202 Å². The predicted octanol–water partition coefficient (Wildman–Crippen LogP) is 6.24. The van der Waals surface area contributed by atoms with Crippen LogP contribution in [0.3, 0.4) is 0 Å². The van der Waals surface area contributed by atoms with E-state index in [0.717, 1.165) is 28.1 Å². The number of carbonyl (C=O) groups is 1. The maximum atomic E-state index is 12.8. The number of nitriles is 1. The molecule has 0 fully saturated rings. The average Bonchev–Trinajstić information content (AvgIpc) is 2.90. The summed E-state index contributed by atoms with van der Waals surface area (Å²) >= 11 is 0. The first-order valence-corrected chi connectivity index (χ1v) is 10.9. The fourth-order valence-electron chi connectivity index (χ4n) is 3.65. The largest absolute Gasteiger partial charge is 0.355 e. The number of anilines is 5. The standard InChI is InChI=1S/C28H20N6O/c29-18-25-12-7-19-3-1-6-26(27(19)33-25)32-21-10-8-20(9-11-21)28(35)34-24-5-2-4-23(17-24)31-22-13-15-30-16-14-22/h1-17,32H,(H,30,31)(H,34,35). The van der Waals surface area contributed by atoms with Crippen LogP contribution < -0.4 is 16.0 Å². The fourth-order valence-corrected chi connectivity index (χ4v) is 3.65. The van der Waals surface area contributed by atoms with E-state index in [1.54, 1.807) is 30.6 Å². The molecule has 0 atom stereocenters. The second-order valence-corrected chi connectivity index (χ2v) is 7.78. The van der Waals surface area contributed by atoms with E-state index in [9.17, 15) is 10.1 Å². The number of fused-ring (bicyclic) bond motifs is 1. The van der Waals surface area contributed by atoms with Gasteiger partial charge in [-0.3, -0.25) is 9.78 Å². The maximum absolute atomic E-state index is 12.8. The first-order chi connectivity index (χ1) is 17.2. The van der Waals surface area contributed by atoms with Gasteiger partial charge in [-0.1, -0.05) is 18.2 Å². The number of hydrogen-bond donors (Lipinski definition) is 3. The van der Waals surface area contributed by atoms with E-state index in [-0.39, 0.29) is 5.91 Å². The minimum Gasteiger partial charge on any atom is -0.355 e. The van der Waals surface area contributed by atoms with Gasteiger partial charge in [0, 0.05) is 46.1 Å². The van der Waals surface area contributed by atoms with Crippen molar-refractivity contribution < 1.29 is 4.79 Å². The summed E-state index contributed by atoms with van der Waals surface area (Å²) in [6.45, 7) is 0. The highest BCUT2D eigenvalue weighted by molar-refractivity contribution is 6.04. The predicted molar refractivity (Wildman–Crippen MR) is 138 cm³/mol. The number of para-hydroxylation sites is 1. The third kappa shape index (κ3) is 5.07. The van der Waals surface area contributed by atoms with Crippen LogP contribution in [0, 0.1) is 11.3 Å². The summed E-state index contributed by atoms with van der Waals surface area (Å²) in [6, 6.07) is 29.9. The van der Waals surface area contributed by atoms with Crippen molar-refractivity contribution in [1.29, 1.82) is 5.26 Å². The minimum absolute atomic E-state index is 0.205. The molecular weight excluding hydrogens is 436 g/mol. The fraction of sp³-hybridized carbons (Fsp3) is 0. The zero-order valence-corrected chi connectivity index (χ0v) is 18.6. The summed E-state index contributed by atoms with van der Waals surface area (Å²) in [5.74, 6) is -0.205. The Balaban J connectivity index is 1.28. The molecule has 35 heavy (non-hydrogen) atoms. The zero-order valence-electron chi connectivity index (χ0n) is 18.6. The van der Waals surface area contributed by atoms with E-state index in [0.29, 0.717) is 22.5 Å². The topological polar surface area (TPSA) is 103 Å². The summed E-state index contributed by atoms with van der Waals surface area (Å²) < 4.78 is 0. The van der Waals surface area contributed by atoms with Crippen molar-refractivity contribution >= 4 is 45.2 Å². The molecule has 3 N–H and O–H groups in total. The van der Waals surface area contributed by atoms with Crippen LogP contribution in [-0.2, 0) is 0 Å². The molecule has 5 aromatic rings. The van der Waals surface area contributed by atoms with Crippen LogP contribution in [0.1, 0.15) is 16.1 Å². The van der Waals surface area contributed by atoms with Crippen LogP contribution in [-0.4, -0.2) is 15.9 Å². The Morgan fingerprint density at radius 1 is 0.743 bits per heavy atom. The number of pyridine rings is 2. The summed E-state index contributed by atoms with van der Waals surface area (Å²) in [4.78, 5) is 21.2. The lowest BCUT2D eigenvalue weighted by Gasteiger charge is -2.11. The SMILES string of the molecule is N#Cc1ccc2cccc(Nc3ccc(C(=O)Nc4cccc(Nc5ccncc5)c4)cc3)c2n1. The van der Waals surface area contributed by atoms with Gasteiger partial charge in [0.05, 0.1) is 11.2 Å². The summed E-state index contributed by atoms with van der Waals surface area (Å²) in [6.07, 6.45) is 3.43. The number of hydrogen-bond acceptors (Lipinski definition) is 6. The van der Waals surface area contributed by atoms with E-state index >= 15 is 0 Å². The van der Waals surface area contributed by atoms with Crippen LogP contribution in [0.4, 0.5) is 28.4 Å². The molecule has 0 aliphatic carbocycles. The van der Waals surface area contributed by atoms with Crippen LogP contribution in [0.2, 0.25) is 0 Å². The number of nitrogens with zero attached hydrogens (tertiary/aromatic N) is 3. The number of amides is 1. The molecule has 2 aromatic heterocycles. The van der Waals surface area contributed by atoms with Crippen molar-refractivity contribution in [3.05, 3.63) is 115 Å². The molecule has 0 aliphatic heterocycles. The lowest BCUT2D eigenvalue weighted by Crippen LogP contribution is -2.11. The number of rotatable bonds is 6. The Morgan fingerprint density at radius 2 is 1.49 bits per heavy atom. The molecule has 0 spiro atoms. The quantitative estimate of drug-likeness (QED) is 0.279. The Hall–Kier alpha value is -5.22. The normalized spacial score (nSPS) is 10.4. The van der Waals surface area contributed by atoms with E-state index < -0.39 is 0 Å². The molecule has 0 unspecified atom stereocenters. The highest BCUT2D eigenvalue weighted by atomic mass is 16.1. The molecule has 0 aliphatic rings. The maximum Gasteiger partial charge on any atom is 0.255 e. The highest BCUT2D eigenvalue weighted by Gasteiger charge is 2.08. The monoisotopic (exact) mass is 456 g/mol. The number of nitrogens with one attached hydrogen (secondary N) is 3. The van der Waals surface area contributed by atoms with Crippen LogP contribution >= 0.6 is 0 Å². The molecule has 0 saturated heterocycles. The van der Waals surface area contributed by atoms with Crippen molar-refractivity contribution in [2.45, 2.75) is 0 Å². The molecule has 0 saturated carbocycles. The third-order valence-electron chi connectivity index (χ3n) is 5.35. The van der Waals surface area contributed by atoms with Gasteiger partial charge in [-0.05, 0) is 72.8 Å². The lowest BCUT2D eigenvalue weighted by atomic mass is 10.1. The van der Waals surface area contributed by atoms with Crippen molar-refractivity contribution in [3.63, 3.8) is 0 Å². The molecular formula is C28H20N6O. The molecule has 5 rings (SSSR count). The molecule has 3 aromatic carbocycles. The second-order valence-electron chi connectivity index (χ2n) is 7.78. The first-order valence-electron chi connectivity index (χ1n) is 10.9. The van der Waals surface area contributed by atoms with Crippen molar-refractivity contribution in [2.24, 2.45) is 0 Å². The van der Waals surface area contributed by atoms with Gasteiger partial charge in [0.25, 0.3) is 5.91 Å². The summed E-state index contributed by atoms with van der Waals surface area (Å²) in [7, 11) is 0. The van der Waals surface area contributed by atoms with E-state index in [4.69, 9.17) is 0 Å². The molecule has 1 amide bonds. The van der Waals surface area contributed by atoms with Gasteiger partial charge in [0.2, 0.25) is 0 Å². The smallest absolute Gasteiger partial charge is 0.255 e. The van der Waals surface area contributed by atoms with Gasteiger partial charge in [-0.2, -0.15) is 5.26 Å². The van der Waals surface area contributed by atoms with Crippen LogP contribution in [0.5, 0.6) is 0 Å². The summed E-state index contributed by atoms with van der Waals surface area (Å²) in [5.41, 5.74) is 5.66. The molecule has 0 bridgehead atoms. The van der Waals surface area contributed by atoms with Gasteiger partial charge in [-0.15, -0.1) is 0 Å². The Bertz CT molecular complexity index is 1540. The van der Waals surface area contributed by atoms with Gasteiger partial charge in [0.1, 0.15) is 11.8 Å². The van der Waals surface area contributed by atoms with Gasteiger partial charge in [-0.25, -0.2) is 4.98 Å². The van der Waals surface area contributed by atoms with Crippen LogP contribution in [0.25, 0.3) is 10.9 Å². The minimum atomic E-state index is -0.205. The molecule has 7 nitrogen and oxygen atoms in total. The van der Waals surface area contributed by atoms with Crippen molar-refractivity contribution in [1.82, 2.24) is 9.97 Å².